The lowest BCUT2D eigenvalue weighted by atomic mass is 9.78. The molecular weight excluding hydrogens is 879 g/mol. The number of hydrogen-bond donors (Lipinski definition) is 5. The van der Waals surface area contributed by atoms with Crippen LogP contribution in [-0.2, 0) is 49.3 Å². The molecule has 4 heterocycles. The van der Waals surface area contributed by atoms with Crippen molar-refractivity contribution in [3.8, 4) is 0 Å². The molecule has 0 radical (unpaired) electrons. The van der Waals surface area contributed by atoms with Crippen molar-refractivity contribution in [3.63, 3.8) is 0 Å². The zero-order valence-corrected chi connectivity index (χ0v) is 42.1. The van der Waals surface area contributed by atoms with Crippen molar-refractivity contribution in [1.29, 1.82) is 0 Å². The molecule has 0 bridgehead atoms. The van der Waals surface area contributed by atoms with Crippen LogP contribution in [0.2, 0.25) is 0 Å². The van der Waals surface area contributed by atoms with Gasteiger partial charge in [0.05, 0.1) is 60.6 Å². The molecule has 0 spiro atoms. The molecule has 4 rings (SSSR count). The van der Waals surface area contributed by atoms with E-state index < -0.39 is 113 Å². The van der Waals surface area contributed by atoms with E-state index in [0.29, 0.717) is 12.2 Å². The van der Waals surface area contributed by atoms with Gasteiger partial charge in [-0.2, -0.15) is 0 Å². The molecule has 1 aromatic rings. The Morgan fingerprint density at radius 2 is 1.67 bits per heavy atom. The Kier molecular flexibility index (Phi) is 19.7. The molecule has 5 N–H and O–H groups in total. The van der Waals surface area contributed by atoms with Gasteiger partial charge in [-0.1, -0.05) is 20.8 Å². The highest BCUT2D eigenvalue weighted by Crippen LogP contribution is 2.40. The summed E-state index contributed by atoms with van der Waals surface area (Å²) in [6, 6.07) is -0.912. The number of nitro groups is 1. The number of imidazole rings is 1. The molecule has 3 fully saturated rings. The van der Waals surface area contributed by atoms with E-state index >= 15 is 0 Å². The van der Waals surface area contributed by atoms with Crippen LogP contribution in [0.1, 0.15) is 107 Å². The number of aliphatic hydroxyl groups excluding tert-OH is 3. The van der Waals surface area contributed by atoms with E-state index in [4.69, 9.17) is 33.2 Å². The number of ether oxygens (including phenoxy) is 7. The molecule has 21 heteroatoms. The van der Waals surface area contributed by atoms with E-state index in [2.05, 4.69) is 4.98 Å². The van der Waals surface area contributed by atoms with Crippen molar-refractivity contribution in [2.75, 3.05) is 40.9 Å². The number of aliphatic hydroxyl groups is 5. The quantitative estimate of drug-likeness (QED) is 0.102. The lowest BCUT2D eigenvalue weighted by Gasteiger charge is -2.49. The molecule has 67 heavy (non-hydrogen) atoms. The van der Waals surface area contributed by atoms with Crippen molar-refractivity contribution >= 4 is 17.8 Å². The van der Waals surface area contributed by atoms with Crippen LogP contribution >= 0.6 is 0 Å². The number of rotatable bonds is 14. The van der Waals surface area contributed by atoms with E-state index in [0.717, 1.165) is 0 Å². The fourth-order valence-electron chi connectivity index (χ4n) is 10.2. The maximum Gasteiger partial charge on any atom is 0.381 e. The Labute approximate surface area is 395 Å². The molecule has 0 unspecified atom stereocenters. The minimum atomic E-state index is -1.95. The van der Waals surface area contributed by atoms with Crippen LogP contribution in [0, 0.1) is 34.8 Å². The summed E-state index contributed by atoms with van der Waals surface area (Å²) in [6.45, 7) is 18.8. The summed E-state index contributed by atoms with van der Waals surface area (Å²) < 4.78 is 44.9. The molecule has 3 aliphatic rings. The van der Waals surface area contributed by atoms with Gasteiger partial charge in [0.1, 0.15) is 36.7 Å². The zero-order chi connectivity index (χ0) is 50.5. The Morgan fingerprint density at radius 1 is 1.01 bits per heavy atom. The van der Waals surface area contributed by atoms with Crippen LogP contribution < -0.4 is 0 Å². The van der Waals surface area contributed by atoms with Gasteiger partial charge in [-0.25, -0.2) is 0 Å². The number of aromatic nitrogens is 2. The van der Waals surface area contributed by atoms with Crippen LogP contribution in [0.4, 0.5) is 5.82 Å². The first-order valence-electron chi connectivity index (χ1n) is 23.7. The van der Waals surface area contributed by atoms with E-state index in [1.165, 1.54) is 24.8 Å². The molecule has 1 aromatic heterocycles. The Balaban J connectivity index is 1.77. The first-order valence-corrected chi connectivity index (χ1v) is 23.7. The summed E-state index contributed by atoms with van der Waals surface area (Å²) >= 11 is 0. The van der Waals surface area contributed by atoms with Crippen molar-refractivity contribution in [1.82, 2.24) is 19.4 Å². The normalized spacial score (nSPS) is 41.0. The molecule has 0 aromatic carbocycles. The van der Waals surface area contributed by atoms with Gasteiger partial charge in [-0.15, -0.1) is 0 Å². The Bertz CT molecular complexity index is 1780. The number of likely N-dealkylation sites (N-methyl/N-ethyl adjacent to an activating group) is 1. The van der Waals surface area contributed by atoms with Gasteiger partial charge in [-0.05, 0) is 97.6 Å². The fourth-order valence-corrected chi connectivity index (χ4v) is 10.2. The number of aryl methyl sites for hydroxylation is 1. The Morgan fingerprint density at radius 3 is 2.25 bits per heavy atom. The van der Waals surface area contributed by atoms with Gasteiger partial charge in [0, 0.05) is 51.5 Å². The summed E-state index contributed by atoms with van der Waals surface area (Å²) in [4.78, 5) is 46.0. The van der Waals surface area contributed by atoms with E-state index in [1.807, 2.05) is 37.7 Å². The number of methoxy groups -OCH3 is 1. The lowest BCUT2D eigenvalue weighted by Crippen LogP contribution is -2.61. The highest BCUT2D eigenvalue weighted by atomic mass is 16.7. The summed E-state index contributed by atoms with van der Waals surface area (Å²) in [6.07, 6.45) is -8.67. The average molecular weight is 960 g/mol. The molecule has 386 valence electrons. The molecular formula is C46H81N5O16. The minimum Gasteiger partial charge on any atom is -0.464 e. The van der Waals surface area contributed by atoms with Crippen LogP contribution in [-0.4, -0.2) is 193 Å². The van der Waals surface area contributed by atoms with E-state index in [1.54, 1.807) is 55.4 Å². The Hall–Kier alpha value is -2.93. The molecule has 0 saturated carbocycles. The van der Waals surface area contributed by atoms with Gasteiger partial charge in [0.15, 0.2) is 12.6 Å². The predicted octanol–water partition coefficient (Wildman–Crippen LogP) is 2.32. The molecule has 3 saturated heterocycles. The van der Waals surface area contributed by atoms with Crippen molar-refractivity contribution in [3.05, 3.63) is 22.1 Å². The molecule has 21 nitrogen and oxygen atoms in total. The maximum atomic E-state index is 14.5. The lowest BCUT2D eigenvalue weighted by molar-refractivity contribution is -0.389. The summed E-state index contributed by atoms with van der Waals surface area (Å²) in [7, 11) is 5.17. The van der Waals surface area contributed by atoms with Gasteiger partial charge < -0.3 is 78.3 Å². The number of cyclic esters (lactones) is 1. The second-order valence-electron chi connectivity index (χ2n) is 20.3. The smallest absolute Gasteiger partial charge is 0.381 e. The van der Waals surface area contributed by atoms with Crippen molar-refractivity contribution in [2.24, 2.45) is 17.8 Å². The van der Waals surface area contributed by atoms with Crippen molar-refractivity contribution in [2.45, 2.75) is 205 Å². The van der Waals surface area contributed by atoms with Gasteiger partial charge in [0.2, 0.25) is 5.82 Å². The number of carbonyl (C=O) groups is 2. The van der Waals surface area contributed by atoms with E-state index in [-0.39, 0.29) is 69.9 Å². The highest BCUT2D eigenvalue weighted by Gasteiger charge is 2.53. The number of carbonyl (C=O) groups excluding carboxylic acids is 2. The first-order chi connectivity index (χ1) is 31.1. The fraction of sp³-hybridized carbons (Fsp3) is 0.891. The van der Waals surface area contributed by atoms with Crippen molar-refractivity contribution < 1.29 is 73.2 Å². The van der Waals surface area contributed by atoms with Crippen LogP contribution in [0.3, 0.4) is 0 Å². The second-order valence-corrected chi connectivity index (χ2v) is 20.3. The minimum absolute atomic E-state index is 0.0154. The average Bonchev–Trinajstić information content (AvgIpc) is 3.63. The second kappa shape index (κ2) is 23.3. The third kappa shape index (κ3) is 13.7. The standard InChI is InChI=1S/C46H81N5O16/c1-15-33-46(11,58)39(54)25(2)23-49(17-16-35(52)62-19-18-50-24-34(51(59)60)47-31(50)8)26(3)21-44(9,57)41(67-43-37(53)32(48(12)13)20-27(4)63-43)28(5)38(29(6)42(56)65-33)66-36-22-45(10,61-14)40(55)30(7)64-36/h24-30,32-33,36-41,43,53-55,57-58H,15-23H2,1-14H3/t25-,26+,27+,28-,29+,30-,32-,33+,36-,37+,38-,39-,40-,41+,43-,44+,45+,46-/m0/s1. The third-order valence-corrected chi connectivity index (χ3v) is 14.4. The van der Waals surface area contributed by atoms with Crippen LogP contribution in [0.5, 0.6) is 0 Å². The van der Waals surface area contributed by atoms with Gasteiger partial charge >= 0.3 is 17.8 Å². The summed E-state index contributed by atoms with van der Waals surface area (Å²) in [5.74, 6) is -3.94. The number of esters is 2. The van der Waals surface area contributed by atoms with Crippen LogP contribution in [0.25, 0.3) is 0 Å². The summed E-state index contributed by atoms with van der Waals surface area (Å²) in [5, 5.41) is 70.8. The molecule has 3 aliphatic heterocycles. The predicted molar refractivity (Wildman–Crippen MR) is 242 cm³/mol. The molecule has 0 amide bonds. The summed E-state index contributed by atoms with van der Waals surface area (Å²) in [5.41, 5.74) is -4.84. The first kappa shape index (κ1) is 56.7. The SMILES string of the molecule is CC[C@H]1OC(=O)[C@H](C)[C@@H](O[C@H]2C[C@@](C)(OC)[C@@H](O)[C@H](C)O2)[C@H](C)[C@@H](O[C@@H]2O[C@H](C)C[C@H](N(C)C)[C@H]2O)[C@](C)(O)C[C@@H](C)N(CCC(=O)OCCn2cc([N+](=O)[O-])nc2C)C[C@H](C)[C@H](O)[C@@]1(C)O. The molecule has 18 atom stereocenters. The highest BCUT2D eigenvalue weighted by molar-refractivity contribution is 5.73. The van der Waals surface area contributed by atoms with Gasteiger partial charge in [-0.3, -0.25) is 14.5 Å². The third-order valence-electron chi connectivity index (χ3n) is 14.4. The topological polar surface area (TPSA) is 267 Å². The van der Waals surface area contributed by atoms with Gasteiger partial charge in [0.25, 0.3) is 0 Å². The monoisotopic (exact) mass is 960 g/mol. The van der Waals surface area contributed by atoms with Crippen LogP contribution in [0.15, 0.2) is 6.20 Å². The number of nitrogens with zero attached hydrogens (tertiary/aromatic N) is 5. The molecule has 0 aliphatic carbocycles. The number of hydrogen-bond acceptors (Lipinski definition) is 19. The largest absolute Gasteiger partial charge is 0.464 e. The van der Waals surface area contributed by atoms with E-state index in [9.17, 15) is 45.2 Å². The maximum absolute atomic E-state index is 14.5. The zero-order valence-electron chi connectivity index (χ0n) is 42.1.